The predicted octanol–water partition coefficient (Wildman–Crippen LogP) is 3.57. The average molecular weight is 585 g/mol. The zero-order valence-electron chi connectivity index (χ0n) is 24.7. The molecule has 230 valence electrons. The summed E-state index contributed by atoms with van der Waals surface area (Å²) in [5.74, 6) is -1.87. The van der Waals surface area contributed by atoms with Gasteiger partial charge in [-0.1, -0.05) is 29.3 Å². The Morgan fingerprint density at radius 1 is 1.10 bits per heavy atom. The number of rotatable bonds is 11. The number of hydrogen-bond acceptors (Lipinski definition) is 10. The Morgan fingerprint density at radius 3 is 2.52 bits per heavy atom. The van der Waals surface area contributed by atoms with Crippen LogP contribution in [-0.4, -0.2) is 70.8 Å². The van der Waals surface area contributed by atoms with Gasteiger partial charge in [-0.2, -0.15) is 0 Å². The summed E-state index contributed by atoms with van der Waals surface area (Å²) in [5, 5.41) is 65.5. The Labute approximate surface area is 246 Å². The number of unbranched alkanes of at least 4 members (excludes halogenated alkanes) is 2. The van der Waals surface area contributed by atoms with E-state index in [1.54, 1.807) is 18.2 Å². The van der Waals surface area contributed by atoms with Gasteiger partial charge in [-0.3, -0.25) is 0 Å². The summed E-state index contributed by atoms with van der Waals surface area (Å²) in [6, 6.07) is 4.20. The molecular weight excluding hydrogens is 540 g/mol. The molecule has 1 aliphatic heterocycles. The normalized spacial score (nSPS) is 29.5. The molecule has 5 N–H and O–H groups in total. The molecule has 1 saturated carbocycles. The smallest absolute Gasteiger partial charge is 0.238 e. The second kappa shape index (κ2) is 12.3. The molecule has 0 amide bonds. The molecule has 3 aliphatic rings. The van der Waals surface area contributed by atoms with Crippen LogP contribution < -0.4 is 4.74 Å². The Kier molecular flexibility index (Phi) is 8.94. The number of aromatic hydroxyl groups is 1. The summed E-state index contributed by atoms with van der Waals surface area (Å²) in [4.78, 5) is 5.95. The Bertz CT molecular complexity index is 1300. The first-order valence-electron chi connectivity index (χ1n) is 15.0. The number of phenolic OH excluding ortho intramolecular Hbond substituents is 1. The number of aliphatic hydroxyl groups excluding tert-OH is 3. The lowest BCUT2D eigenvalue weighted by Crippen LogP contribution is -2.62. The van der Waals surface area contributed by atoms with Crippen LogP contribution in [0.15, 0.2) is 41.2 Å². The molecule has 5 rings (SSSR count). The predicted molar refractivity (Wildman–Crippen MR) is 155 cm³/mol. The third-order valence-electron chi connectivity index (χ3n) is 8.80. The van der Waals surface area contributed by atoms with Gasteiger partial charge in [-0.15, -0.1) is 5.10 Å². The highest BCUT2D eigenvalue weighted by atomic mass is 16.6. The van der Waals surface area contributed by atoms with Crippen LogP contribution in [0, 0.1) is 17.8 Å². The van der Waals surface area contributed by atoms with Crippen molar-refractivity contribution in [3.63, 3.8) is 0 Å². The number of allylic oxidation sites excluding steroid dienone is 1. The highest BCUT2D eigenvalue weighted by Gasteiger charge is 2.63. The van der Waals surface area contributed by atoms with Crippen LogP contribution in [0.4, 0.5) is 0 Å². The van der Waals surface area contributed by atoms with Crippen molar-refractivity contribution in [3.8, 4) is 11.5 Å². The summed E-state index contributed by atoms with van der Waals surface area (Å²) in [6.45, 7) is 5.66. The first-order valence-corrected chi connectivity index (χ1v) is 15.0. The zero-order chi connectivity index (χ0) is 30.1. The van der Waals surface area contributed by atoms with E-state index in [0.717, 1.165) is 36.8 Å². The fourth-order valence-electron chi connectivity index (χ4n) is 7.04. The molecule has 2 aliphatic carbocycles. The van der Waals surface area contributed by atoms with E-state index in [-0.39, 0.29) is 49.7 Å². The molecule has 11 nitrogen and oxygen atoms in total. The van der Waals surface area contributed by atoms with Crippen molar-refractivity contribution in [2.24, 2.45) is 22.9 Å². The minimum Gasteiger partial charge on any atom is -0.508 e. The first-order chi connectivity index (χ1) is 20.1. The van der Waals surface area contributed by atoms with Gasteiger partial charge in [-0.25, -0.2) is 4.68 Å². The van der Waals surface area contributed by atoms with E-state index in [0.29, 0.717) is 30.0 Å². The van der Waals surface area contributed by atoms with Crippen LogP contribution in [0.3, 0.4) is 0 Å². The van der Waals surface area contributed by atoms with E-state index < -0.39 is 23.3 Å². The van der Waals surface area contributed by atoms with Crippen molar-refractivity contribution in [2.75, 3.05) is 13.2 Å². The fourth-order valence-corrected chi connectivity index (χ4v) is 7.04. The number of phenols is 1. The van der Waals surface area contributed by atoms with E-state index in [1.165, 1.54) is 10.9 Å². The molecule has 1 aromatic heterocycles. The van der Waals surface area contributed by atoms with Crippen LogP contribution in [0.25, 0.3) is 0 Å². The molecule has 6 unspecified atom stereocenters. The topological polar surface area (TPSA) is 163 Å². The van der Waals surface area contributed by atoms with E-state index in [2.05, 4.69) is 21.5 Å². The summed E-state index contributed by atoms with van der Waals surface area (Å²) in [6.07, 6.45) is 8.51. The molecule has 11 heteroatoms. The molecule has 2 aromatic rings. The lowest BCUT2D eigenvalue weighted by molar-refractivity contribution is -0.225. The Hall–Kier alpha value is -2.99. The first kappa shape index (κ1) is 30.5. The van der Waals surface area contributed by atoms with Crippen molar-refractivity contribution >= 4 is 5.71 Å². The van der Waals surface area contributed by atoms with E-state index in [1.807, 2.05) is 20.8 Å². The number of fused-ring (bicyclic) bond motifs is 2. The van der Waals surface area contributed by atoms with E-state index >= 15 is 0 Å². The number of ether oxygens (including phenoxy) is 1. The molecule has 0 saturated heterocycles. The third-order valence-corrected chi connectivity index (χ3v) is 8.80. The number of aromatic nitrogens is 3. The van der Waals surface area contributed by atoms with Gasteiger partial charge >= 0.3 is 0 Å². The highest BCUT2D eigenvalue weighted by Crippen LogP contribution is 2.62. The molecular formula is C31H44N4O7. The van der Waals surface area contributed by atoms with Crippen molar-refractivity contribution in [2.45, 2.75) is 95.7 Å². The van der Waals surface area contributed by atoms with Gasteiger partial charge in [0.1, 0.15) is 23.1 Å². The minimum absolute atomic E-state index is 0.0524. The Morgan fingerprint density at radius 2 is 1.83 bits per heavy atom. The molecule has 0 radical (unpaired) electrons. The summed E-state index contributed by atoms with van der Waals surface area (Å²) in [7, 11) is 0. The maximum absolute atomic E-state index is 12.7. The van der Waals surface area contributed by atoms with Gasteiger partial charge in [0.25, 0.3) is 0 Å². The summed E-state index contributed by atoms with van der Waals surface area (Å²) in [5.41, 5.74) is 2.21. The molecule has 1 aromatic carbocycles. The molecule has 2 heterocycles. The zero-order valence-corrected chi connectivity index (χ0v) is 24.7. The largest absolute Gasteiger partial charge is 0.508 e. The molecule has 42 heavy (non-hydrogen) atoms. The fraction of sp³-hybridized carbons (Fsp3) is 0.645. The van der Waals surface area contributed by atoms with Gasteiger partial charge in [0.15, 0.2) is 0 Å². The van der Waals surface area contributed by atoms with Crippen LogP contribution in [0.1, 0.15) is 88.9 Å². The van der Waals surface area contributed by atoms with Gasteiger partial charge in [0, 0.05) is 31.1 Å². The van der Waals surface area contributed by atoms with Gasteiger partial charge in [0.2, 0.25) is 5.79 Å². The number of benzene rings is 1. The Balaban J connectivity index is 1.73. The van der Waals surface area contributed by atoms with Crippen molar-refractivity contribution in [1.29, 1.82) is 0 Å². The van der Waals surface area contributed by atoms with Crippen molar-refractivity contribution < 1.29 is 35.1 Å². The molecule has 0 bridgehead atoms. The van der Waals surface area contributed by atoms with Crippen LogP contribution in [0.5, 0.6) is 11.5 Å². The van der Waals surface area contributed by atoms with Crippen LogP contribution in [-0.2, 0) is 11.4 Å². The average Bonchev–Trinajstić information content (AvgIpc) is 3.42. The number of hydrogen-bond donors (Lipinski definition) is 5. The maximum atomic E-state index is 12.7. The minimum atomic E-state index is -1.77. The number of aliphatic hydroxyl groups is 4. The van der Waals surface area contributed by atoms with Crippen molar-refractivity contribution in [3.05, 3.63) is 47.3 Å². The van der Waals surface area contributed by atoms with E-state index in [4.69, 9.17) is 9.57 Å². The SMILES string of the molecule is CC(C)(C)ON=C1CC(n2nncc2CO)C2(O)Oc3ccc(O)cc3C3C(CCCCO)C(CCCCO)C=C1C32. The summed E-state index contributed by atoms with van der Waals surface area (Å²) < 4.78 is 8.04. The monoisotopic (exact) mass is 584 g/mol. The lowest BCUT2D eigenvalue weighted by Gasteiger charge is -2.56. The molecule has 6 atom stereocenters. The third kappa shape index (κ3) is 5.79. The number of oxime groups is 1. The van der Waals surface area contributed by atoms with Crippen LogP contribution in [0.2, 0.25) is 0 Å². The van der Waals surface area contributed by atoms with Gasteiger partial charge < -0.3 is 35.1 Å². The van der Waals surface area contributed by atoms with Gasteiger partial charge in [0.05, 0.1) is 30.1 Å². The quantitative estimate of drug-likeness (QED) is 0.196. The van der Waals surface area contributed by atoms with Gasteiger partial charge in [-0.05, 0) is 82.1 Å². The highest BCUT2D eigenvalue weighted by molar-refractivity contribution is 6.02. The van der Waals surface area contributed by atoms with Crippen LogP contribution >= 0.6 is 0 Å². The standard InChI is InChI=1S/C31H44N4O7/c1-30(2,3)42-33-25-16-27(35-20(18-38)17-32-34-35)31(40)29-23(25)14-19(8-4-6-12-36)22(9-5-7-13-37)28(29)24-15-21(39)10-11-26(24)41-31/h10-11,14-15,17,19,22,27-29,36-40H,4-9,12-13,16,18H2,1-3H3. The molecule has 0 spiro atoms. The van der Waals surface area contributed by atoms with E-state index in [9.17, 15) is 25.5 Å². The molecule has 1 fully saturated rings. The second-order valence-corrected chi connectivity index (χ2v) is 12.8. The maximum Gasteiger partial charge on any atom is 0.238 e. The number of nitrogens with zero attached hydrogens (tertiary/aromatic N) is 4. The summed E-state index contributed by atoms with van der Waals surface area (Å²) >= 11 is 0. The second-order valence-electron chi connectivity index (χ2n) is 12.8. The lowest BCUT2D eigenvalue weighted by atomic mass is 9.55. The van der Waals surface area contributed by atoms with Crippen molar-refractivity contribution in [1.82, 2.24) is 15.0 Å².